The first-order chi connectivity index (χ1) is 14.0. The van der Waals surface area contributed by atoms with E-state index in [1.54, 1.807) is 17.8 Å². The van der Waals surface area contributed by atoms with Crippen LogP contribution in [-0.2, 0) is 16.6 Å². The molecule has 0 saturated carbocycles. The molecule has 1 aliphatic heterocycles. The van der Waals surface area contributed by atoms with Crippen LogP contribution in [0.4, 0.5) is 0 Å². The number of nitrogens with zero attached hydrogens (tertiary/aromatic N) is 2. The number of amides is 1. The van der Waals surface area contributed by atoms with Gasteiger partial charge in [0.25, 0.3) is 11.8 Å². The maximum Gasteiger partial charge on any atom is 0.271 e. The maximum atomic E-state index is 12.5. The van der Waals surface area contributed by atoms with E-state index >= 15 is 0 Å². The number of hydroxylamine groups is 1. The summed E-state index contributed by atoms with van der Waals surface area (Å²) in [7, 11) is 3.42. The molecule has 1 unspecified atom stereocenters. The van der Waals surface area contributed by atoms with Crippen LogP contribution in [0.2, 0.25) is 0 Å². The van der Waals surface area contributed by atoms with Crippen LogP contribution in [-0.4, -0.2) is 52.9 Å². The number of ether oxygens (including phenoxy) is 1. The Kier molecular flexibility index (Phi) is 5.32. The fourth-order valence-corrected chi connectivity index (χ4v) is 3.52. The van der Waals surface area contributed by atoms with Crippen LogP contribution in [0, 0.1) is 5.41 Å². The topological polar surface area (TPSA) is 117 Å². The van der Waals surface area contributed by atoms with Crippen molar-refractivity contribution in [2.24, 2.45) is 7.05 Å². The lowest BCUT2D eigenvalue weighted by Gasteiger charge is -2.09. The van der Waals surface area contributed by atoms with Crippen LogP contribution >= 0.6 is 0 Å². The standard InChI is InChI=1S/C20H24N6O3/c1-22-29-19(21)16-9-13-8-12(5-6-15(13)24-16)18-10-17(25-26(18)2)20(27)23-11-14-4-3-7-28-14/h5-6,8-10,14,21-22,24H,3-4,7,11H2,1-2H3,(H,23,27). The number of aryl methyl sites for hydroxylation is 1. The van der Waals surface area contributed by atoms with Gasteiger partial charge < -0.3 is 19.9 Å². The zero-order chi connectivity index (χ0) is 20.4. The highest BCUT2D eigenvalue weighted by molar-refractivity contribution is 5.97. The van der Waals surface area contributed by atoms with Crippen molar-refractivity contribution in [3.8, 4) is 11.3 Å². The fraction of sp³-hybridized carbons (Fsp3) is 0.350. The van der Waals surface area contributed by atoms with Crippen LogP contribution in [0.3, 0.4) is 0 Å². The predicted molar refractivity (Wildman–Crippen MR) is 109 cm³/mol. The normalized spacial score (nSPS) is 16.3. The highest BCUT2D eigenvalue weighted by atomic mass is 16.6. The lowest BCUT2D eigenvalue weighted by atomic mass is 10.1. The number of hydrogen-bond acceptors (Lipinski definition) is 6. The third kappa shape index (κ3) is 4.01. The third-order valence-electron chi connectivity index (χ3n) is 4.99. The molecule has 1 atom stereocenters. The minimum atomic E-state index is -0.204. The summed E-state index contributed by atoms with van der Waals surface area (Å²) in [4.78, 5) is 20.6. The zero-order valence-corrected chi connectivity index (χ0v) is 16.4. The van der Waals surface area contributed by atoms with Gasteiger partial charge in [-0.25, -0.2) is 0 Å². The number of carbonyl (C=O) groups is 1. The number of H-pyrrole nitrogens is 1. The van der Waals surface area contributed by atoms with Crippen molar-refractivity contribution in [3.05, 3.63) is 41.7 Å². The summed E-state index contributed by atoms with van der Waals surface area (Å²) >= 11 is 0. The fourth-order valence-electron chi connectivity index (χ4n) is 3.52. The molecule has 9 heteroatoms. The number of carbonyl (C=O) groups excluding carboxylic acids is 1. The SMILES string of the molecule is CNOC(=N)c1cc2cc(-c3cc(C(=O)NCC4CCCO4)nn3C)ccc2[nH]1. The van der Waals surface area contributed by atoms with Gasteiger partial charge in [0, 0.05) is 43.7 Å². The molecule has 1 fully saturated rings. The molecular formula is C20H24N6O3. The number of rotatable bonds is 6. The average Bonchev–Trinajstić information content (AvgIpc) is 3.45. The van der Waals surface area contributed by atoms with E-state index < -0.39 is 0 Å². The van der Waals surface area contributed by atoms with E-state index in [4.69, 9.17) is 15.0 Å². The Bertz CT molecular complexity index is 1050. The Morgan fingerprint density at radius 2 is 2.28 bits per heavy atom. The number of aromatic amines is 1. The number of hydrogen-bond donors (Lipinski definition) is 4. The third-order valence-corrected chi connectivity index (χ3v) is 4.99. The van der Waals surface area contributed by atoms with Gasteiger partial charge in [-0.2, -0.15) is 10.6 Å². The maximum absolute atomic E-state index is 12.5. The molecule has 9 nitrogen and oxygen atoms in total. The number of aromatic nitrogens is 3. The molecular weight excluding hydrogens is 372 g/mol. The largest absolute Gasteiger partial charge is 0.387 e. The smallest absolute Gasteiger partial charge is 0.271 e. The summed E-state index contributed by atoms with van der Waals surface area (Å²) in [6.45, 7) is 1.27. The van der Waals surface area contributed by atoms with Crippen molar-refractivity contribution >= 4 is 22.7 Å². The molecule has 2 aromatic heterocycles. The summed E-state index contributed by atoms with van der Waals surface area (Å²) in [5.41, 5.74) is 6.10. The Balaban J connectivity index is 1.53. The number of benzene rings is 1. The molecule has 0 aliphatic carbocycles. The molecule has 1 aromatic carbocycles. The summed E-state index contributed by atoms with van der Waals surface area (Å²) in [6.07, 6.45) is 2.11. The lowest BCUT2D eigenvalue weighted by molar-refractivity contribution is 0.0853. The molecule has 4 N–H and O–H groups in total. The Labute approximate surface area is 167 Å². The van der Waals surface area contributed by atoms with Gasteiger partial charge in [-0.1, -0.05) is 6.07 Å². The zero-order valence-electron chi connectivity index (χ0n) is 16.4. The Morgan fingerprint density at radius 3 is 3.03 bits per heavy atom. The number of fused-ring (bicyclic) bond motifs is 1. The van der Waals surface area contributed by atoms with Crippen molar-refractivity contribution in [1.82, 2.24) is 25.6 Å². The number of nitrogens with one attached hydrogen (secondary N) is 4. The Hall–Kier alpha value is -3.17. The van der Waals surface area contributed by atoms with Crippen molar-refractivity contribution in [2.75, 3.05) is 20.2 Å². The first kappa shape index (κ1) is 19.2. The molecule has 1 amide bonds. The van der Waals surface area contributed by atoms with Gasteiger partial charge in [-0.3, -0.25) is 14.9 Å². The second kappa shape index (κ2) is 8.06. The molecule has 4 rings (SSSR count). The highest BCUT2D eigenvalue weighted by Crippen LogP contribution is 2.25. The molecule has 0 spiro atoms. The molecule has 0 radical (unpaired) electrons. The molecule has 3 aromatic rings. The molecule has 0 bridgehead atoms. The van der Waals surface area contributed by atoms with E-state index in [1.165, 1.54) is 0 Å². The molecule has 29 heavy (non-hydrogen) atoms. The Morgan fingerprint density at radius 1 is 1.41 bits per heavy atom. The minimum absolute atomic E-state index is 0.0102. The second-order valence-corrected chi connectivity index (χ2v) is 7.00. The lowest BCUT2D eigenvalue weighted by Crippen LogP contribution is -2.32. The summed E-state index contributed by atoms with van der Waals surface area (Å²) < 4.78 is 7.24. The van der Waals surface area contributed by atoms with E-state index in [0.29, 0.717) is 17.9 Å². The summed E-state index contributed by atoms with van der Waals surface area (Å²) in [5, 5.41) is 16.1. The van der Waals surface area contributed by atoms with Crippen LogP contribution in [0.5, 0.6) is 0 Å². The van der Waals surface area contributed by atoms with Crippen molar-refractivity contribution in [3.63, 3.8) is 0 Å². The summed E-state index contributed by atoms with van der Waals surface area (Å²) in [5.74, 6) is -0.194. The van der Waals surface area contributed by atoms with E-state index in [2.05, 4.69) is 20.9 Å². The summed E-state index contributed by atoms with van der Waals surface area (Å²) in [6, 6.07) is 9.52. The van der Waals surface area contributed by atoms with Gasteiger partial charge >= 0.3 is 0 Å². The van der Waals surface area contributed by atoms with E-state index in [0.717, 1.165) is 41.6 Å². The van der Waals surface area contributed by atoms with Crippen LogP contribution in [0.15, 0.2) is 30.3 Å². The molecule has 1 saturated heterocycles. The van der Waals surface area contributed by atoms with E-state index in [-0.39, 0.29) is 17.9 Å². The average molecular weight is 396 g/mol. The molecule has 152 valence electrons. The van der Waals surface area contributed by atoms with Gasteiger partial charge in [-0.15, -0.1) is 0 Å². The quantitative estimate of drug-likeness (QED) is 0.289. The second-order valence-electron chi connectivity index (χ2n) is 7.00. The van der Waals surface area contributed by atoms with Gasteiger partial charge in [0.05, 0.1) is 11.8 Å². The molecule has 1 aliphatic rings. The van der Waals surface area contributed by atoms with Crippen LogP contribution in [0.1, 0.15) is 29.0 Å². The van der Waals surface area contributed by atoms with Crippen LogP contribution < -0.4 is 10.8 Å². The monoisotopic (exact) mass is 396 g/mol. The van der Waals surface area contributed by atoms with E-state index in [1.807, 2.05) is 31.3 Å². The first-order valence-corrected chi connectivity index (χ1v) is 9.54. The van der Waals surface area contributed by atoms with Gasteiger partial charge in [0.2, 0.25) is 0 Å². The molecule has 3 heterocycles. The van der Waals surface area contributed by atoms with Gasteiger partial charge in [0.15, 0.2) is 5.69 Å². The predicted octanol–water partition coefficient (Wildman–Crippen LogP) is 1.95. The van der Waals surface area contributed by atoms with Crippen molar-refractivity contribution in [1.29, 1.82) is 5.41 Å². The van der Waals surface area contributed by atoms with Gasteiger partial charge in [0.1, 0.15) is 5.69 Å². The first-order valence-electron chi connectivity index (χ1n) is 9.54. The van der Waals surface area contributed by atoms with Crippen molar-refractivity contribution < 1.29 is 14.4 Å². The van der Waals surface area contributed by atoms with Crippen molar-refractivity contribution in [2.45, 2.75) is 18.9 Å². The van der Waals surface area contributed by atoms with Crippen LogP contribution in [0.25, 0.3) is 22.2 Å². The van der Waals surface area contributed by atoms with E-state index in [9.17, 15) is 4.79 Å². The van der Waals surface area contributed by atoms with Gasteiger partial charge in [-0.05, 0) is 37.1 Å². The highest BCUT2D eigenvalue weighted by Gasteiger charge is 2.19. The minimum Gasteiger partial charge on any atom is -0.387 e.